The Labute approximate surface area is 98.8 Å². The largest absolute Gasteiger partial charge is 0.368 e. The topological polar surface area (TPSA) is 98.1 Å². The highest BCUT2D eigenvalue weighted by Crippen LogP contribution is 2.16. The third-order valence-corrected chi connectivity index (χ3v) is 2.17. The Morgan fingerprint density at radius 2 is 2.29 bits per heavy atom. The molecule has 4 N–H and O–H groups in total. The van der Waals surface area contributed by atoms with Crippen LogP contribution in [-0.4, -0.2) is 29.0 Å². The van der Waals surface area contributed by atoms with E-state index in [0.717, 1.165) is 19.0 Å². The summed E-state index contributed by atoms with van der Waals surface area (Å²) in [6.07, 6.45) is 2.70. The molecule has 0 spiro atoms. The van der Waals surface area contributed by atoms with E-state index < -0.39 is 11.7 Å². The van der Waals surface area contributed by atoms with Gasteiger partial charge in [-0.2, -0.15) is 4.98 Å². The second-order valence-corrected chi connectivity index (χ2v) is 3.64. The van der Waals surface area contributed by atoms with Gasteiger partial charge < -0.3 is 16.4 Å². The van der Waals surface area contributed by atoms with E-state index in [1.165, 1.54) is 4.90 Å². The number of hydrogen-bond acceptors (Lipinski definition) is 5. The van der Waals surface area contributed by atoms with Crippen LogP contribution >= 0.6 is 0 Å². The molecule has 1 heterocycles. The second-order valence-electron chi connectivity index (χ2n) is 3.64. The zero-order valence-corrected chi connectivity index (χ0v) is 9.69. The minimum atomic E-state index is -0.614. The van der Waals surface area contributed by atoms with Crippen molar-refractivity contribution in [2.45, 2.75) is 19.8 Å². The molecule has 7 heteroatoms. The van der Waals surface area contributed by atoms with E-state index >= 15 is 0 Å². The first kappa shape index (κ1) is 13.1. The second kappa shape index (κ2) is 5.97. The Balaban J connectivity index is 2.93. The highest BCUT2D eigenvalue weighted by Gasteiger charge is 2.15. The van der Waals surface area contributed by atoms with Gasteiger partial charge in [0.15, 0.2) is 11.6 Å². The predicted octanol–water partition coefficient (Wildman–Crippen LogP) is 0.290. The van der Waals surface area contributed by atoms with Gasteiger partial charge in [0, 0.05) is 6.54 Å². The summed E-state index contributed by atoms with van der Waals surface area (Å²) in [5, 5.41) is 0. The van der Waals surface area contributed by atoms with Gasteiger partial charge in [-0.1, -0.05) is 13.3 Å². The summed E-state index contributed by atoms with van der Waals surface area (Å²) in [6.45, 7) is 2.40. The molecule has 1 aromatic rings. The first-order valence-electron chi connectivity index (χ1n) is 5.35. The minimum absolute atomic E-state index is 0.0183. The van der Waals surface area contributed by atoms with Crippen molar-refractivity contribution in [1.82, 2.24) is 9.97 Å². The Morgan fingerprint density at radius 1 is 1.59 bits per heavy atom. The molecule has 0 aromatic carbocycles. The molecular weight excluding hydrogens is 225 g/mol. The fourth-order valence-electron chi connectivity index (χ4n) is 1.39. The van der Waals surface area contributed by atoms with Crippen molar-refractivity contribution in [3.05, 3.63) is 12.0 Å². The van der Waals surface area contributed by atoms with E-state index in [0.29, 0.717) is 6.54 Å². The van der Waals surface area contributed by atoms with Gasteiger partial charge >= 0.3 is 0 Å². The number of rotatable bonds is 6. The van der Waals surface area contributed by atoms with Crippen molar-refractivity contribution in [3.8, 4) is 0 Å². The monoisotopic (exact) mass is 241 g/mol. The smallest absolute Gasteiger partial charge is 0.237 e. The van der Waals surface area contributed by atoms with Crippen LogP contribution in [0.15, 0.2) is 6.20 Å². The molecule has 0 aliphatic carbocycles. The lowest BCUT2D eigenvalue weighted by Crippen LogP contribution is -2.35. The molecule has 0 aliphatic heterocycles. The lowest BCUT2D eigenvalue weighted by molar-refractivity contribution is -0.116. The molecule has 0 saturated carbocycles. The third kappa shape index (κ3) is 3.86. The molecule has 0 saturated heterocycles. The standard InChI is InChI=1S/C10H16FN5O/c1-2-3-4-16(6-8(12)17)9-7(11)5-14-10(13)15-9/h5H,2-4,6H2,1H3,(H2,12,17)(H2,13,14,15). The van der Waals surface area contributed by atoms with E-state index in [2.05, 4.69) is 9.97 Å². The van der Waals surface area contributed by atoms with Gasteiger partial charge in [-0.05, 0) is 6.42 Å². The van der Waals surface area contributed by atoms with Crippen LogP contribution in [0.2, 0.25) is 0 Å². The number of anilines is 2. The number of unbranched alkanes of at least 4 members (excludes halogenated alkanes) is 1. The normalized spacial score (nSPS) is 10.2. The molecule has 1 aromatic heterocycles. The molecule has 6 nitrogen and oxygen atoms in total. The lowest BCUT2D eigenvalue weighted by Gasteiger charge is -2.22. The van der Waals surface area contributed by atoms with Crippen LogP contribution in [0.25, 0.3) is 0 Å². The molecule has 0 aliphatic rings. The molecule has 0 radical (unpaired) electrons. The van der Waals surface area contributed by atoms with Crippen molar-refractivity contribution in [1.29, 1.82) is 0 Å². The van der Waals surface area contributed by atoms with E-state index in [9.17, 15) is 9.18 Å². The SMILES string of the molecule is CCCCN(CC(N)=O)c1nc(N)ncc1F. The summed E-state index contributed by atoms with van der Waals surface area (Å²) < 4.78 is 13.5. The van der Waals surface area contributed by atoms with Crippen LogP contribution in [0, 0.1) is 5.82 Å². The Kier molecular flexibility index (Phi) is 4.62. The molecule has 0 fully saturated rings. The first-order valence-corrected chi connectivity index (χ1v) is 5.35. The molecular formula is C10H16FN5O. The molecule has 0 unspecified atom stereocenters. The summed E-state index contributed by atoms with van der Waals surface area (Å²) in [5.41, 5.74) is 10.5. The maximum Gasteiger partial charge on any atom is 0.237 e. The fraction of sp³-hybridized carbons (Fsp3) is 0.500. The number of aromatic nitrogens is 2. The van der Waals surface area contributed by atoms with Gasteiger partial charge in [-0.3, -0.25) is 4.79 Å². The van der Waals surface area contributed by atoms with Crippen LogP contribution < -0.4 is 16.4 Å². The van der Waals surface area contributed by atoms with Gasteiger partial charge in [0.05, 0.1) is 12.7 Å². The maximum atomic E-state index is 13.5. The molecule has 0 bridgehead atoms. The number of halogens is 1. The van der Waals surface area contributed by atoms with Crippen molar-refractivity contribution < 1.29 is 9.18 Å². The number of nitrogens with two attached hydrogens (primary N) is 2. The summed E-state index contributed by atoms with van der Waals surface area (Å²) in [5.74, 6) is -1.17. The Morgan fingerprint density at radius 3 is 2.88 bits per heavy atom. The first-order chi connectivity index (χ1) is 8.04. The summed E-state index contributed by atoms with van der Waals surface area (Å²) >= 11 is 0. The van der Waals surface area contributed by atoms with Crippen LogP contribution in [0.1, 0.15) is 19.8 Å². The van der Waals surface area contributed by atoms with E-state index in [-0.39, 0.29) is 18.3 Å². The number of nitrogens with zero attached hydrogens (tertiary/aromatic N) is 3. The average Bonchev–Trinajstić information content (AvgIpc) is 2.27. The fourth-order valence-corrected chi connectivity index (χ4v) is 1.39. The van der Waals surface area contributed by atoms with Gasteiger partial charge in [-0.15, -0.1) is 0 Å². The van der Waals surface area contributed by atoms with E-state index in [1.54, 1.807) is 0 Å². The Hall–Kier alpha value is -1.92. The number of amides is 1. The van der Waals surface area contributed by atoms with E-state index in [1.807, 2.05) is 6.92 Å². The summed E-state index contributed by atoms with van der Waals surface area (Å²) in [7, 11) is 0. The van der Waals surface area contributed by atoms with Crippen LogP contribution in [-0.2, 0) is 4.79 Å². The average molecular weight is 241 g/mol. The Bertz CT molecular complexity index is 398. The van der Waals surface area contributed by atoms with Gasteiger partial charge in [-0.25, -0.2) is 9.37 Å². The van der Waals surface area contributed by atoms with Gasteiger partial charge in [0.1, 0.15) is 0 Å². The summed E-state index contributed by atoms with van der Waals surface area (Å²) in [4.78, 5) is 19.7. The van der Waals surface area contributed by atoms with Crippen LogP contribution in [0.5, 0.6) is 0 Å². The van der Waals surface area contributed by atoms with Crippen molar-refractivity contribution in [3.63, 3.8) is 0 Å². The predicted molar refractivity (Wildman–Crippen MR) is 62.7 cm³/mol. The molecule has 1 rings (SSSR count). The van der Waals surface area contributed by atoms with Crippen molar-refractivity contribution in [2.75, 3.05) is 23.7 Å². The summed E-state index contributed by atoms with van der Waals surface area (Å²) in [6, 6.07) is 0. The zero-order chi connectivity index (χ0) is 12.8. The van der Waals surface area contributed by atoms with E-state index in [4.69, 9.17) is 11.5 Å². The number of carbonyl (C=O) groups excluding carboxylic acids is 1. The van der Waals surface area contributed by atoms with Crippen LogP contribution in [0.4, 0.5) is 16.2 Å². The minimum Gasteiger partial charge on any atom is -0.368 e. The number of primary amides is 1. The zero-order valence-electron chi connectivity index (χ0n) is 9.69. The number of carbonyl (C=O) groups is 1. The van der Waals surface area contributed by atoms with Crippen molar-refractivity contribution >= 4 is 17.7 Å². The molecule has 94 valence electrons. The number of hydrogen-bond donors (Lipinski definition) is 2. The van der Waals surface area contributed by atoms with Gasteiger partial charge in [0.2, 0.25) is 11.9 Å². The highest BCUT2D eigenvalue weighted by atomic mass is 19.1. The molecule has 17 heavy (non-hydrogen) atoms. The lowest BCUT2D eigenvalue weighted by atomic mass is 10.3. The quantitative estimate of drug-likeness (QED) is 0.745. The molecule has 1 amide bonds. The van der Waals surface area contributed by atoms with Crippen LogP contribution in [0.3, 0.4) is 0 Å². The van der Waals surface area contributed by atoms with Crippen molar-refractivity contribution in [2.24, 2.45) is 5.73 Å². The highest BCUT2D eigenvalue weighted by molar-refractivity contribution is 5.79. The van der Waals surface area contributed by atoms with Gasteiger partial charge in [0.25, 0.3) is 0 Å². The third-order valence-electron chi connectivity index (χ3n) is 2.17. The molecule has 0 atom stereocenters. The number of nitrogen functional groups attached to an aromatic ring is 1. The maximum absolute atomic E-state index is 13.5.